The second-order valence-corrected chi connectivity index (χ2v) is 4.66. The monoisotopic (exact) mass is 163 g/mol. The normalized spacial score (nSPS) is 32.4. The fourth-order valence-corrected chi connectivity index (χ4v) is 2.21. The number of rotatable bonds is 0. The van der Waals surface area contributed by atoms with Gasteiger partial charge in [-0.25, -0.2) is 0 Å². The van der Waals surface area contributed by atoms with E-state index >= 15 is 0 Å². The average molecular weight is 163 g/mol. The van der Waals surface area contributed by atoms with E-state index in [1.54, 1.807) is 5.57 Å². The Morgan fingerprint density at radius 3 is 2.92 bits per heavy atom. The summed E-state index contributed by atoms with van der Waals surface area (Å²) >= 11 is 0. The zero-order chi connectivity index (χ0) is 8.77. The van der Waals surface area contributed by atoms with Crippen molar-refractivity contribution in [2.45, 2.75) is 33.2 Å². The third-order valence-electron chi connectivity index (χ3n) is 3.02. The van der Waals surface area contributed by atoms with E-state index in [4.69, 9.17) is 0 Å². The summed E-state index contributed by atoms with van der Waals surface area (Å²) in [5.74, 6) is 0. The van der Waals surface area contributed by atoms with Crippen LogP contribution in [0.2, 0.25) is 0 Å². The van der Waals surface area contributed by atoms with Gasteiger partial charge in [-0.05, 0) is 24.3 Å². The van der Waals surface area contributed by atoms with Gasteiger partial charge in [-0.3, -0.25) is 0 Å². The maximum Gasteiger partial charge on any atom is 0.0325 e. The van der Waals surface area contributed by atoms with Crippen LogP contribution in [0.1, 0.15) is 27.2 Å². The van der Waals surface area contributed by atoms with Crippen molar-refractivity contribution >= 4 is 0 Å². The Kier molecular flexibility index (Phi) is 1.65. The van der Waals surface area contributed by atoms with Crippen molar-refractivity contribution in [3.8, 4) is 0 Å². The predicted octanol–water partition coefficient (Wildman–Crippen LogP) is 2.26. The summed E-state index contributed by atoms with van der Waals surface area (Å²) in [6.07, 6.45) is 5.78. The van der Waals surface area contributed by atoms with E-state index in [1.807, 2.05) is 0 Å². The summed E-state index contributed by atoms with van der Waals surface area (Å²) in [6, 6.07) is 0.630. The van der Waals surface area contributed by atoms with E-state index in [0.29, 0.717) is 11.5 Å². The molecule has 12 heavy (non-hydrogen) atoms. The highest BCUT2D eigenvalue weighted by atomic mass is 15.0. The molecule has 0 saturated carbocycles. The molecule has 0 bridgehead atoms. The topological polar surface area (TPSA) is 12.0 Å². The maximum absolute atomic E-state index is 3.57. The fraction of sp³-hybridized carbons (Fsp3) is 0.636. The fourth-order valence-electron chi connectivity index (χ4n) is 2.21. The Morgan fingerprint density at radius 1 is 1.42 bits per heavy atom. The molecule has 1 nitrogen and oxygen atoms in total. The highest BCUT2D eigenvalue weighted by Gasteiger charge is 2.36. The lowest BCUT2D eigenvalue weighted by Crippen LogP contribution is -2.23. The van der Waals surface area contributed by atoms with E-state index in [9.17, 15) is 0 Å². The Morgan fingerprint density at radius 2 is 2.17 bits per heavy atom. The van der Waals surface area contributed by atoms with Gasteiger partial charge in [-0.1, -0.05) is 31.6 Å². The molecule has 0 spiro atoms. The zero-order valence-corrected chi connectivity index (χ0v) is 8.15. The molecule has 1 heterocycles. The van der Waals surface area contributed by atoms with Crippen molar-refractivity contribution in [1.82, 2.24) is 5.32 Å². The number of fused-ring (bicyclic) bond motifs is 1. The quantitative estimate of drug-likeness (QED) is 0.577. The van der Waals surface area contributed by atoms with E-state index in [0.717, 1.165) is 6.54 Å². The van der Waals surface area contributed by atoms with E-state index in [1.165, 1.54) is 12.0 Å². The predicted molar refractivity (Wildman–Crippen MR) is 52.0 cm³/mol. The summed E-state index contributed by atoms with van der Waals surface area (Å²) in [7, 11) is 0. The van der Waals surface area contributed by atoms with Crippen molar-refractivity contribution in [3.05, 3.63) is 23.3 Å². The van der Waals surface area contributed by atoms with Gasteiger partial charge in [0.05, 0.1) is 0 Å². The van der Waals surface area contributed by atoms with Crippen molar-refractivity contribution in [3.63, 3.8) is 0 Å². The van der Waals surface area contributed by atoms with Crippen LogP contribution in [0.25, 0.3) is 0 Å². The summed E-state index contributed by atoms with van der Waals surface area (Å²) in [5.41, 5.74) is 3.46. The first-order valence-electron chi connectivity index (χ1n) is 4.71. The van der Waals surface area contributed by atoms with Crippen molar-refractivity contribution < 1.29 is 0 Å². The number of hydrogen-bond acceptors (Lipinski definition) is 1. The van der Waals surface area contributed by atoms with Crippen LogP contribution in [-0.4, -0.2) is 12.6 Å². The third-order valence-corrected chi connectivity index (χ3v) is 3.02. The Bertz CT molecular complexity index is 258. The van der Waals surface area contributed by atoms with Crippen LogP contribution >= 0.6 is 0 Å². The van der Waals surface area contributed by atoms with Gasteiger partial charge in [-0.2, -0.15) is 0 Å². The van der Waals surface area contributed by atoms with Crippen LogP contribution in [0.5, 0.6) is 0 Å². The van der Waals surface area contributed by atoms with Crippen molar-refractivity contribution in [2.24, 2.45) is 5.41 Å². The van der Waals surface area contributed by atoms with Crippen LogP contribution in [-0.2, 0) is 0 Å². The second kappa shape index (κ2) is 2.46. The van der Waals surface area contributed by atoms with Gasteiger partial charge in [0.25, 0.3) is 0 Å². The van der Waals surface area contributed by atoms with Crippen LogP contribution in [0, 0.1) is 5.41 Å². The maximum atomic E-state index is 3.57. The first kappa shape index (κ1) is 8.06. The summed E-state index contributed by atoms with van der Waals surface area (Å²) in [5, 5.41) is 3.57. The largest absolute Gasteiger partial charge is 0.309 e. The molecule has 66 valence electrons. The van der Waals surface area contributed by atoms with Gasteiger partial charge in [0.2, 0.25) is 0 Å². The Hall–Kier alpha value is -0.560. The van der Waals surface area contributed by atoms with Gasteiger partial charge in [0.1, 0.15) is 0 Å². The minimum absolute atomic E-state index is 0.377. The van der Waals surface area contributed by atoms with E-state index < -0.39 is 0 Å². The average Bonchev–Trinajstić information content (AvgIpc) is 2.27. The molecule has 1 fully saturated rings. The highest BCUT2D eigenvalue weighted by Crippen LogP contribution is 2.37. The molecule has 0 aromatic carbocycles. The lowest BCUT2D eigenvalue weighted by molar-refractivity contribution is 0.490. The minimum atomic E-state index is 0.377. The zero-order valence-electron chi connectivity index (χ0n) is 8.15. The van der Waals surface area contributed by atoms with Crippen LogP contribution < -0.4 is 5.32 Å². The minimum Gasteiger partial charge on any atom is -0.309 e. The summed E-state index contributed by atoms with van der Waals surface area (Å²) in [6.45, 7) is 7.98. The molecule has 0 radical (unpaired) electrons. The molecule has 1 aliphatic heterocycles. The molecule has 1 unspecified atom stereocenters. The standard InChI is InChI=1S/C11H17N/c1-8-4-5-9-10(6-8)12-7-11(9,2)3/h4-5,10,12H,6-7H2,1-3H3. The van der Waals surface area contributed by atoms with Gasteiger partial charge < -0.3 is 5.32 Å². The van der Waals surface area contributed by atoms with E-state index in [2.05, 4.69) is 38.2 Å². The molecule has 2 rings (SSSR count). The first-order chi connectivity index (χ1) is 5.59. The molecule has 0 aromatic rings. The van der Waals surface area contributed by atoms with Gasteiger partial charge in [0.15, 0.2) is 0 Å². The Balaban J connectivity index is 2.33. The van der Waals surface area contributed by atoms with Crippen LogP contribution in [0.4, 0.5) is 0 Å². The second-order valence-electron chi connectivity index (χ2n) is 4.66. The van der Waals surface area contributed by atoms with Crippen molar-refractivity contribution in [2.75, 3.05) is 6.54 Å². The SMILES string of the molecule is CC1=CC=C2C(C1)NCC2(C)C. The lowest BCUT2D eigenvalue weighted by atomic mass is 9.80. The molecule has 0 amide bonds. The van der Waals surface area contributed by atoms with Crippen LogP contribution in [0.15, 0.2) is 23.3 Å². The molecular formula is C11H17N. The van der Waals surface area contributed by atoms with Gasteiger partial charge >= 0.3 is 0 Å². The highest BCUT2D eigenvalue weighted by molar-refractivity contribution is 5.35. The molecule has 1 atom stereocenters. The number of hydrogen-bond donors (Lipinski definition) is 1. The molecule has 1 heteroatoms. The van der Waals surface area contributed by atoms with Gasteiger partial charge in [-0.15, -0.1) is 0 Å². The molecule has 0 aromatic heterocycles. The van der Waals surface area contributed by atoms with Gasteiger partial charge in [0, 0.05) is 12.6 Å². The number of allylic oxidation sites excluding steroid dienone is 2. The van der Waals surface area contributed by atoms with E-state index in [-0.39, 0.29) is 0 Å². The first-order valence-corrected chi connectivity index (χ1v) is 4.71. The molecule has 1 saturated heterocycles. The number of nitrogens with one attached hydrogen (secondary N) is 1. The lowest BCUT2D eigenvalue weighted by Gasteiger charge is -2.24. The smallest absolute Gasteiger partial charge is 0.0325 e. The molecule has 1 N–H and O–H groups in total. The molecular weight excluding hydrogens is 146 g/mol. The Labute approximate surface area is 74.5 Å². The van der Waals surface area contributed by atoms with Crippen LogP contribution in [0.3, 0.4) is 0 Å². The molecule has 1 aliphatic carbocycles. The molecule has 2 aliphatic rings. The third kappa shape index (κ3) is 1.13. The van der Waals surface area contributed by atoms with Crippen molar-refractivity contribution in [1.29, 1.82) is 0 Å². The summed E-state index contributed by atoms with van der Waals surface area (Å²) < 4.78 is 0. The summed E-state index contributed by atoms with van der Waals surface area (Å²) in [4.78, 5) is 0.